The molecule has 6 nitrogen and oxygen atoms in total. The van der Waals surface area contributed by atoms with Gasteiger partial charge in [-0.1, -0.05) is 36.3 Å². The first kappa shape index (κ1) is 21.0. The molecule has 1 aliphatic rings. The van der Waals surface area contributed by atoms with Gasteiger partial charge in [0, 0.05) is 30.9 Å². The van der Waals surface area contributed by atoms with Crippen LogP contribution < -0.4 is 15.0 Å². The van der Waals surface area contributed by atoms with E-state index in [0.29, 0.717) is 6.04 Å². The monoisotopic (exact) mass is 437 g/mol. The molecule has 166 valence electrons. The van der Waals surface area contributed by atoms with Gasteiger partial charge in [-0.05, 0) is 49.6 Å². The number of benzene rings is 2. The first-order chi connectivity index (χ1) is 16.3. The number of nitrogens with zero attached hydrogens (tertiary/aromatic N) is 3. The Morgan fingerprint density at radius 1 is 1.09 bits per heavy atom. The van der Waals surface area contributed by atoms with Crippen LogP contribution in [0, 0.1) is 11.8 Å². The summed E-state index contributed by atoms with van der Waals surface area (Å²) in [6, 6.07) is 18.4. The van der Waals surface area contributed by atoms with Gasteiger partial charge in [-0.15, -0.1) is 5.92 Å². The second-order valence-corrected chi connectivity index (χ2v) is 8.16. The van der Waals surface area contributed by atoms with Gasteiger partial charge >= 0.3 is 0 Å². The molecule has 1 saturated heterocycles. The van der Waals surface area contributed by atoms with E-state index in [0.717, 1.165) is 72.0 Å². The summed E-state index contributed by atoms with van der Waals surface area (Å²) < 4.78 is 5.95. The summed E-state index contributed by atoms with van der Waals surface area (Å²) in [4.78, 5) is 14.9. The van der Waals surface area contributed by atoms with Crippen LogP contribution >= 0.6 is 0 Å². The van der Waals surface area contributed by atoms with E-state index < -0.39 is 0 Å². The number of anilines is 1. The molecule has 0 unspecified atom stereocenters. The Kier molecular flexibility index (Phi) is 6.23. The lowest BCUT2D eigenvalue weighted by Gasteiger charge is -2.34. The van der Waals surface area contributed by atoms with Crippen molar-refractivity contribution in [2.24, 2.45) is 0 Å². The Balaban J connectivity index is 1.41. The van der Waals surface area contributed by atoms with Crippen LogP contribution in [0.2, 0.25) is 0 Å². The summed E-state index contributed by atoms with van der Waals surface area (Å²) in [6.45, 7) is 4.49. The number of para-hydroxylation sites is 1. The number of fused-ring (bicyclic) bond motifs is 1. The maximum absolute atomic E-state index is 5.95. The highest BCUT2D eigenvalue weighted by Crippen LogP contribution is 2.35. The van der Waals surface area contributed by atoms with Crippen LogP contribution in [0.25, 0.3) is 22.2 Å². The lowest BCUT2D eigenvalue weighted by Crippen LogP contribution is -2.46. The SMILES string of the molecule is CC#CCN[C@@H]1CCCN(c2ncnc3[nH]cc(-c4ccc(Oc5ccccc5)cc4)c23)C1. The number of rotatable bonds is 6. The summed E-state index contributed by atoms with van der Waals surface area (Å²) in [5, 5.41) is 4.61. The molecule has 0 radical (unpaired) electrons. The zero-order valence-corrected chi connectivity index (χ0v) is 18.7. The zero-order chi connectivity index (χ0) is 22.5. The van der Waals surface area contributed by atoms with E-state index in [-0.39, 0.29) is 0 Å². The first-order valence-corrected chi connectivity index (χ1v) is 11.3. The number of aromatic nitrogens is 3. The Labute approximate surface area is 194 Å². The lowest BCUT2D eigenvalue weighted by atomic mass is 10.0. The molecule has 0 amide bonds. The molecular weight excluding hydrogens is 410 g/mol. The average Bonchev–Trinajstić information content (AvgIpc) is 3.30. The van der Waals surface area contributed by atoms with E-state index in [1.165, 1.54) is 0 Å². The third kappa shape index (κ3) is 4.69. The largest absolute Gasteiger partial charge is 0.457 e. The van der Waals surface area contributed by atoms with Gasteiger partial charge in [0.25, 0.3) is 0 Å². The van der Waals surface area contributed by atoms with Crippen molar-refractivity contribution in [3.05, 3.63) is 67.1 Å². The number of nitrogens with one attached hydrogen (secondary N) is 2. The topological polar surface area (TPSA) is 66.1 Å². The molecule has 1 aliphatic heterocycles. The van der Waals surface area contributed by atoms with Crippen molar-refractivity contribution in [1.82, 2.24) is 20.3 Å². The average molecular weight is 438 g/mol. The highest BCUT2D eigenvalue weighted by Gasteiger charge is 2.24. The molecule has 5 rings (SSSR count). The Morgan fingerprint density at radius 3 is 2.73 bits per heavy atom. The van der Waals surface area contributed by atoms with E-state index >= 15 is 0 Å². The van der Waals surface area contributed by atoms with E-state index in [4.69, 9.17) is 9.72 Å². The number of H-pyrrole nitrogens is 1. The molecule has 0 bridgehead atoms. The zero-order valence-electron chi connectivity index (χ0n) is 18.7. The number of hydrogen-bond donors (Lipinski definition) is 2. The fourth-order valence-electron chi connectivity index (χ4n) is 4.36. The van der Waals surface area contributed by atoms with E-state index in [1.54, 1.807) is 6.33 Å². The molecule has 33 heavy (non-hydrogen) atoms. The van der Waals surface area contributed by atoms with Crippen LogP contribution in [0.15, 0.2) is 67.1 Å². The minimum atomic E-state index is 0.404. The molecular formula is C27H27N5O. The van der Waals surface area contributed by atoms with Crippen LogP contribution in [-0.2, 0) is 0 Å². The summed E-state index contributed by atoms with van der Waals surface area (Å²) in [5.41, 5.74) is 3.05. The standard InChI is InChI=1S/C27H27N5O/c1-2-3-15-28-21-8-7-16-32(18-21)27-25-24(17-29-26(25)30-19-31-27)20-11-13-23(14-12-20)33-22-9-5-4-6-10-22/h4-6,9-14,17,19,21,28H,7-8,15-16,18H2,1H3,(H,29,30,31)/t21-/m1/s1. The summed E-state index contributed by atoms with van der Waals surface area (Å²) in [6.07, 6.45) is 5.94. The lowest BCUT2D eigenvalue weighted by molar-refractivity contribution is 0.438. The third-order valence-corrected chi connectivity index (χ3v) is 5.97. The minimum Gasteiger partial charge on any atom is -0.457 e. The highest BCUT2D eigenvalue weighted by molar-refractivity contribution is 6.01. The molecule has 6 heteroatoms. The number of aromatic amines is 1. The Hall–Kier alpha value is -3.82. The van der Waals surface area contributed by atoms with Crippen molar-refractivity contribution in [1.29, 1.82) is 0 Å². The van der Waals surface area contributed by atoms with Crippen molar-refractivity contribution < 1.29 is 4.74 Å². The second-order valence-electron chi connectivity index (χ2n) is 8.16. The normalized spacial score (nSPS) is 15.8. The number of hydrogen-bond acceptors (Lipinski definition) is 5. The molecule has 2 aromatic carbocycles. The maximum Gasteiger partial charge on any atom is 0.143 e. The predicted molar refractivity (Wildman–Crippen MR) is 133 cm³/mol. The Morgan fingerprint density at radius 2 is 1.91 bits per heavy atom. The van der Waals surface area contributed by atoms with Crippen LogP contribution in [0.1, 0.15) is 19.8 Å². The molecule has 0 aliphatic carbocycles. The van der Waals surface area contributed by atoms with Gasteiger partial charge in [-0.2, -0.15) is 0 Å². The molecule has 3 heterocycles. The van der Waals surface area contributed by atoms with Crippen LogP contribution in [0.5, 0.6) is 11.5 Å². The molecule has 1 fully saturated rings. The molecule has 4 aromatic rings. The van der Waals surface area contributed by atoms with Gasteiger partial charge in [0.05, 0.1) is 11.9 Å². The predicted octanol–water partition coefficient (Wildman–Crippen LogP) is 5.00. The summed E-state index contributed by atoms with van der Waals surface area (Å²) in [7, 11) is 0. The molecule has 0 spiro atoms. The van der Waals surface area contributed by atoms with E-state index in [1.807, 2.05) is 55.6 Å². The van der Waals surface area contributed by atoms with Gasteiger partial charge in [-0.3, -0.25) is 0 Å². The van der Waals surface area contributed by atoms with Gasteiger partial charge < -0.3 is 19.9 Å². The van der Waals surface area contributed by atoms with Crippen LogP contribution in [0.3, 0.4) is 0 Å². The number of ether oxygens (including phenoxy) is 1. The smallest absolute Gasteiger partial charge is 0.143 e. The van der Waals surface area contributed by atoms with Crippen molar-refractivity contribution in [2.75, 3.05) is 24.5 Å². The molecule has 1 atom stereocenters. The fourth-order valence-corrected chi connectivity index (χ4v) is 4.36. The van der Waals surface area contributed by atoms with Crippen molar-refractivity contribution >= 4 is 16.9 Å². The van der Waals surface area contributed by atoms with Crippen molar-refractivity contribution in [2.45, 2.75) is 25.8 Å². The number of piperidine rings is 1. The van der Waals surface area contributed by atoms with Gasteiger partial charge in [0.15, 0.2) is 0 Å². The minimum absolute atomic E-state index is 0.404. The van der Waals surface area contributed by atoms with E-state index in [2.05, 4.69) is 44.2 Å². The first-order valence-electron chi connectivity index (χ1n) is 11.3. The van der Waals surface area contributed by atoms with Crippen LogP contribution in [0.4, 0.5) is 5.82 Å². The summed E-state index contributed by atoms with van der Waals surface area (Å²) in [5.74, 6) is 8.67. The van der Waals surface area contributed by atoms with Gasteiger partial charge in [0.1, 0.15) is 29.3 Å². The van der Waals surface area contributed by atoms with Crippen molar-refractivity contribution in [3.63, 3.8) is 0 Å². The summed E-state index contributed by atoms with van der Waals surface area (Å²) >= 11 is 0. The molecule has 2 aromatic heterocycles. The maximum atomic E-state index is 5.95. The van der Waals surface area contributed by atoms with E-state index in [9.17, 15) is 0 Å². The van der Waals surface area contributed by atoms with Crippen LogP contribution in [-0.4, -0.2) is 40.6 Å². The third-order valence-electron chi connectivity index (χ3n) is 5.97. The molecule has 0 saturated carbocycles. The fraction of sp³-hybridized carbons (Fsp3) is 0.259. The Bertz CT molecular complexity index is 1270. The van der Waals surface area contributed by atoms with Gasteiger partial charge in [0.2, 0.25) is 0 Å². The highest BCUT2D eigenvalue weighted by atomic mass is 16.5. The second kappa shape index (κ2) is 9.76. The molecule has 2 N–H and O–H groups in total. The van der Waals surface area contributed by atoms with Gasteiger partial charge in [-0.25, -0.2) is 9.97 Å². The van der Waals surface area contributed by atoms with Crippen molar-refractivity contribution in [3.8, 4) is 34.5 Å². The quantitative estimate of drug-likeness (QED) is 0.416.